The van der Waals surface area contributed by atoms with Crippen LogP contribution in [-0.4, -0.2) is 4.98 Å². The number of oxazole rings is 1. The molecule has 4 heteroatoms. The first-order valence-corrected chi connectivity index (χ1v) is 16.5. The van der Waals surface area contributed by atoms with Gasteiger partial charge in [-0.3, -0.25) is 0 Å². The molecule has 0 aliphatic heterocycles. The van der Waals surface area contributed by atoms with Crippen LogP contribution < -0.4 is 4.90 Å². The van der Waals surface area contributed by atoms with Gasteiger partial charge in [0, 0.05) is 27.7 Å². The van der Waals surface area contributed by atoms with Crippen LogP contribution in [0.1, 0.15) is 0 Å². The summed E-state index contributed by atoms with van der Waals surface area (Å²) in [5.74, 6) is 0.567. The SMILES string of the molecule is c1ccc(-c2ccc(N(c3ccc4ccc5ccccc5c4c3)c3c4oc(-c5ccccc5)nc4cc4c3oc3ccccc34)cc2)cc1. The molecule has 0 saturated carbocycles. The van der Waals surface area contributed by atoms with Crippen LogP contribution in [0, 0.1) is 0 Å². The highest BCUT2D eigenvalue weighted by molar-refractivity contribution is 6.18. The largest absolute Gasteiger partial charge is 0.454 e. The summed E-state index contributed by atoms with van der Waals surface area (Å²) >= 11 is 0. The lowest BCUT2D eigenvalue weighted by atomic mass is 10.0. The first-order chi connectivity index (χ1) is 24.3. The Morgan fingerprint density at radius 3 is 1.82 bits per heavy atom. The molecule has 0 fully saturated rings. The van der Waals surface area contributed by atoms with E-state index in [1.54, 1.807) is 0 Å². The topological polar surface area (TPSA) is 42.4 Å². The van der Waals surface area contributed by atoms with Crippen molar-refractivity contribution in [3.63, 3.8) is 0 Å². The van der Waals surface area contributed by atoms with Gasteiger partial charge in [-0.2, -0.15) is 0 Å². The summed E-state index contributed by atoms with van der Waals surface area (Å²) in [5, 5.41) is 6.80. The van der Waals surface area contributed by atoms with E-state index in [9.17, 15) is 0 Å². The molecule has 49 heavy (non-hydrogen) atoms. The molecule has 10 rings (SSSR count). The van der Waals surface area contributed by atoms with E-state index in [4.69, 9.17) is 13.8 Å². The van der Waals surface area contributed by atoms with Crippen molar-refractivity contribution >= 4 is 71.6 Å². The van der Waals surface area contributed by atoms with E-state index < -0.39 is 0 Å². The minimum Gasteiger partial charge on any atom is -0.454 e. The summed E-state index contributed by atoms with van der Waals surface area (Å²) in [5.41, 5.74) is 9.00. The van der Waals surface area contributed by atoms with Crippen LogP contribution in [0.3, 0.4) is 0 Å². The Kier molecular flexibility index (Phi) is 6.15. The standard InChI is InChI=1S/C45H28N2O2/c1-3-11-29(12-4-1)30-21-24-34(25-22-30)47(35-26-23-32-20-19-31-13-7-8-16-36(31)38(32)27-35)42-43-39(37-17-9-10-18-41(37)48-43)28-40-44(42)49-45(46-40)33-14-5-2-6-15-33/h1-28H. The molecule has 0 saturated heterocycles. The third-order valence-corrected chi connectivity index (χ3v) is 9.46. The Hall–Kier alpha value is -6.65. The number of benzene rings is 8. The monoisotopic (exact) mass is 628 g/mol. The number of fused-ring (bicyclic) bond motifs is 7. The summed E-state index contributed by atoms with van der Waals surface area (Å²) in [6.45, 7) is 0. The van der Waals surface area contributed by atoms with E-state index in [1.165, 1.54) is 27.1 Å². The molecule has 0 radical (unpaired) electrons. The lowest BCUT2D eigenvalue weighted by molar-refractivity contribution is 0.618. The maximum absolute atomic E-state index is 6.75. The Balaban J connectivity index is 1.30. The van der Waals surface area contributed by atoms with Gasteiger partial charge in [-0.1, -0.05) is 121 Å². The zero-order valence-corrected chi connectivity index (χ0v) is 26.4. The van der Waals surface area contributed by atoms with Crippen LogP contribution >= 0.6 is 0 Å². The molecule has 10 aromatic rings. The average molecular weight is 629 g/mol. The zero-order chi connectivity index (χ0) is 32.3. The van der Waals surface area contributed by atoms with Gasteiger partial charge in [-0.05, 0) is 81.2 Å². The van der Waals surface area contributed by atoms with Gasteiger partial charge in [0.15, 0.2) is 11.2 Å². The van der Waals surface area contributed by atoms with Crippen LogP contribution in [0.4, 0.5) is 17.1 Å². The molecule has 4 nitrogen and oxygen atoms in total. The molecule has 0 aliphatic carbocycles. The van der Waals surface area contributed by atoms with Crippen molar-refractivity contribution < 1.29 is 8.83 Å². The molecule has 0 amide bonds. The number of hydrogen-bond donors (Lipinski definition) is 0. The van der Waals surface area contributed by atoms with Crippen LogP contribution in [0.25, 0.3) is 77.2 Å². The van der Waals surface area contributed by atoms with Gasteiger partial charge in [0.05, 0.1) is 0 Å². The van der Waals surface area contributed by atoms with Crippen molar-refractivity contribution in [3.05, 3.63) is 170 Å². The average Bonchev–Trinajstić information content (AvgIpc) is 3.77. The number of aromatic nitrogens is 1. The summed E-state index contributed by atoms with van der Waals surface area (Å²) < 4.78 is 13.5. The summed E-state index contributed by atoms with van der Waals surface area (Å²) in [6, 6.07) is 59.1. The molecule has 0 N–H and O–H groups in total. The number of anilines is 3. The first kappa shape index (κ1) is 27.5. The Labute approximate surface area is 282 Å². The normalized spacial score (nSPS) is 11.7. The third-order valence-electron chi connectivity index (χ3n) is 9.46. The maximum Gasteiger partial charge on any atom is 0.227 e. The van der Waals surface area contributed by atoms with Gasteiger partial charge in [0.25, 0.3) is 0 Å². The number of rotatable bonds is 5. The molecule has 2 heterocycles. The second kappa shape index (κ2) is 11.0. The number of furan rings is 1. The fourth-order valence-corrected chi connectivity index (χ4v) is 7.10. The van der Waals surface area contributed by atoms with E-state index in [0.717, 1.165) is 55.6 Å². The number of para-hydroxylation sites is 1. The molecule has 8 aromatic carbocycles. The first-order valence-electron chi connectivity index (χ1n) is 16.5. The van der Waals surface area contributed by atoms with E-state index in [0.29, 0.717) is 11.5 Å². The lowest BCUT2D eigenvalue weighted by Gasteiger charge is -2.26. The second-order valence-electron chi connectivity index (χ2n) is 12.4. The minimum absolute atomic E-state index is 0.567. The van der Waals surface area contributed by atoms with Gasteiger partial charge >= 0.3 is 0 Å². The fraction of sp³-hybridized carbons (Fsp3) is 0. The quantitative estimate of drug-likeness (QED) is 0.178. The Morgan fingerprint density at radius 2 is 1.02 bits per heavy atom. The third kappa shape index (κ3) is 4.49. The highest BCUT2D eigenvalue weighted by Gasteiger charge is 2.27. The van der Waals surface area contributed by atoms with Crippen molar-refractivity contribution in [2.24, 2.45) is 0 Å². The number of nitrogens with zero attached hydrogens (tertiary/aromatic N) is 2. The molecule has 2 aromatic heterocycles. The molecule has 0 unspecified atom stereocenters. The highest BCUT2D eigenvalue weighted by atomic mass is 16.4. The smallest absolute Gasteiger partial charge is 0.227 e. The van der Waals surface area contributed by atoms with Crippen molar-refractivity contribution in [2.75, 3.05) is 4.90 Å². The minimum atomic E-state index is 0.567. The second-order valence-corrected chi connectivity index (χ2v) is 12.4. The van der Waals surface area contributed by atoms with Crippen molar-refractivity contribution in [1.82, 2.24) is 4.98 Å². The van der Waals surface area contributed by atoms with Crippen molar-refractivity contribution in [3.8, 4) is 22.6 Å². The molecule has 230 valence electrons. The molecule has 0 spiro atoms. The van der Waals surface area contributed by atoms with E-state index >= 15 is 0 Å². The summed E-state index contributed by atoms with van der Waals surface area (Å²) in [6.07, 6.45) is 0. The molecular weight excluding hydrogens is 601 g/mol. The van der Waals surface area contributed by atoms with Crippen LogP contribution in [0.15, 0.2) is 179 Å². The van der Waals surface area contributed by atoms with E-state index in [1.807, 2.05) is 54.6 Å². The van der Waals surface area contributed by atoms with Gasteiger partial charge in [-0.25, -0.2) is 4.98 Å². The lowest BCUT2D eigenvalue weighted by Crippen LogP contribution is -2.10. The van der Waals surface area contributed by atoms with Gasteiger partial charge in [0.2, 0.25) is 5.89 Å². The van der Waals surface area contributed by atoms with Gasteiger partial charge < -0.3 is 13.7 Å². The maximum atomic E-state index is 6.75. The predicted octanol–water partition coefficient (Wildman–Crippen LogP) is 12.8. The summed E-state index contributed by atoms with van der Waals surface area (Å²) in [4.78, 5) is 7.33. The van der Waals surface area contributed by atoms with Crippen LogP contribution in [0.2, 0.25) is 0 Å². The van der Waals surface area contributed by atoms with E-state index in [-0.39, 0.29) is 0 Å². The fourth-order valence-electron chi connectivity index (χ4n) is 7.10. The molecular formula is C45H28N2O2. The Bertz CT molecular complexity index is 2820. The summed E-state index contributed by atoms with van der Waals surface area (Å²) in [7, 11) is 0. The van der Waals surface area contributed by atoms with Crippen molar-refractivity contribution in [2.45, 2.75) is 0 Å². The van der Waals surface area contributed by atoms with Gasteiger partial charge in [-0.15, -0.1) is 0 Å². The molecule has 0 atom stereocenters. The van der Waals surface area contributed by atoms with Gasteiger partial charge in [0.1, 0.15) is 16.8 Å². The zero-order valence-electron chi connectivity index (χ0n) is 26.4. The molecule has 0 bridgehead atoms. The number of hydrogen-bond acceptors (Lipinski definition) is 4. The van der Waals surface area contributed by atoms with E-state index in [2.05, 4.69) is 120 Å². The highest BCUT2D eigenvalue weighted by Crippen LogP contribution is 2.48. The van der Waals surface area contributed by atoms with Crippen molar-refractivity contribution in [1.29, 1.82) is 0 Å². The van der Waals surface area contributed by atoms with Crippen LogP contribution in [-0.2, 0) is 0 Å². The predicted molar refractivity (Wildman–Crippen MR) is 202 cm³/mol. The van der Waals surface area contributed by atoms with Crippen LogP contribution in [0.5, 0.6) is 0 Å². The Morgan fingerprint density at radius 1 is 0.408 bits per heavy atom. The molecule has 0 aliphatic rings.